The van der Waals surface area contributed by atoms with Gasteiger partial charge in [-0.05, 0) is 49.1 Å². The van der Waals surface area contributed by atoms with Gasteiger partial charge in [-0.15, -0.1) is 0 Å². The zero-order chi connectivity index (χ0) is 20.6. The number of hydrogen-bond donors (Lipinski definition) is 2. The van der Waals surface area contributed by atoms with Gasteiger partial charge >= 0.3 is 6.03 Å². The van der Waals surface area contributed by atoms with Gasteiger partial charge in [0.2, 0.25) is 0 Å². The number of amides is 3. The van der Waals surface area contributed by atoms with Crippen LogP contribution in [0.5, 0.6) is 5.75 Å². The molecule has 6 heteroatoms. The Balaban J connectivity index is 1.47. The normalized spacial score (nSPS) is 14.5. The summed E-state index contributed by atoms with van der Waals surface area (Å²) in [6.07, 6.45) is 1.47. The number of para-hydroxylation sites is 1. The molecule has 1 aliphatic heterocycles. The predicted molar refractivity (Wildman–Crippen MR) is 114 cm³/mol. The minimum absolute atomic E-state index is 0.0588. The van der Waals surface area contributed by atoms with E-state index in [1.54, 1.807) is 17.0 Å². The molecule has 0 bridgehead atoms. The van der Waals surface area contributed by atoms with Crippen LogP contribution in [0, 0.1) is 5.92 Å². The fourth-order valence-corrected chi connectivity index (χ4v) is 3.21. The van der Waals surface area contributed by atoms with Crippen molar-refractivity contribution in [1.29, 1.82) is 0 Å². The second-order valence-electron chi connectivity index (χ2n) is 7.76. The van der Waals surface area contributed by atoms with Crippen LogP contribution in [-0.2, 0) is 0 Å². The Kier molecular flexibility index (Phi) is 7.11. The highest BCUT2D eigenvalue weighted by molar-refractivity contribution is 5.94. The summed E-state index contributed by atoms with van der Waals surface area (Å²) in [5, 5.41) is 5.99. The molecule has 0 radical (unpaired) electrons. The Morgan fingerprint density at radius 1 is 1.07 bits per heavy atom. The molecule has 0 aliphatic carbocycles. The van der Waals surface area contributed by atoms with Crippen LogP contribution < -0.4 is 15.4 Å². The quantitative estimate of drug-likeness (QED) is 0.772. The Bertz CT molecular complexity index is 815. The molecule has 1 heterocycles. The van der Waals surface area contributed by atoms with Crippen LogP contribution in [0.25, 0.3) is 0 Å². The molecule has 3 rings (SSSR count). The number of carbonyl (C=O) groups excluding carboxylic acids is 2. The lowest BCUT2D eigenvalue weighted by Crippen LogP contribution is -2.47. The van der Waals surface area contributed by atoms with Gasteiger partial charge in [-0.1, -0.05) is 38.1 Å². The van der Waals surface area contributed by atoms with E-state index in [0.717, 1.165) is 18.5 Å². The maximum Gasteiger partial charge on any atom is 0.321 e. The number of nitrogens with one attached hydrogen (secondary N) is 2. The third kappa shape index (κ3) is 6.24. The van der Waals surface area contributed by atoms with E-state index in [4.69, 9.17) is 4.74 Å². The van der Waals surface area contributed by atoms with Crippen LogP contribution in [-0.4, -0.2) is 42.6 Å². The van der Waals surface area contributed by atoms with E-state index < -0.39 is 0 Å². The van der Waals surface area contributed by atoms with Crippen molar-refractivity contribution in [3.8, 4) is 5.75 Å². The molecule has 1 aliphatic rings. The van der Waals surface area contributed by atoms with E-state index in [2.05, 4.69) is 24.5 Å². The van der Waals surface area contributed by atoms with Crippen molar-refractivity contribution in [2.45, 2.75) is 32.7 Å². The van der Waals surface area contributed by atoms with Gasteiger partial charge in [-0.2, -0.15) is 0 Å². The number of piperidine rings is 1. The number of benzene rings is 2. The van der Waals surface area contributed by atoms with E-state index in [0.29, 0.717) is 36.9 Å². The highest BCUT2D eigenvalue weighted by Crippen LogP contribution is 2.17. The minimum atomic E-state index is -0.104. The summed E-state index contributed by atoms with van der Waals surface area (Å²) in [6, 6.07) is 16.6. The van der Waals surface area contributed by atoms with E-state index >= 15 is 0 Å². The first-order chi connectivity index (χ1) is 14.0. The first-order valence-electron chi connectivity index (χ1n) is 10.2. The van der Waals surface area contributed by atoms with E-state index in [9.17, 15) is 9.59 Å². The molecule has 0 spiro atoms. The Morgan fingerprint density at radius 3 is 2.48 bits per heavy atom. The molecule has 29 heavy (non-hydrogen) atoms. The standard InChI is InChI=1S/C23H29N3O3/c1-17(2)16-29-21-10-6-7-18(15-21)22(27)24-20-11-13-26(14-12-20)23(28)25-19-8-4-3-5-9-19/h3-10,15,17,20H,11-14,16H2,1-2H3,(H,24,27)(H,25,28). The van der Waals surface area contributed by atoms with Gasteiger partial charge in [0.1, 0.15) is 5.75 Å². The van der Waals surface area contributed by atoms with Gasteiger partial charge in [0.25, 0.3) is 5.91 Å². The molecule has 0 aromatic heterocycles. The maximum atomic E-state index is 12.6. The van der Waals surface area contributed by atoms with Crippen LogP contribution >= 0.6 is 0 Å². The van der Waals surface area contributed by atoms with Crippen LogP contribution in [0.2, 0.25) is 0 Å². The molecule has 1 saturated heterocycles. The average molecular weight is 396 g/mol. The van der Waals surface area contributed by atoms with Crippen LogP contribution in [0.15, 0.2) is 54.6 Å². The number of hydrogen-bond acceptors (Lipinski definition) is 3. The lowest BCUT2D eigenvalue weighted by molar-refractivity contribution is 0.0918. The van der Waals surface area contributed by atoms with Crippen LogP contribution in [0.1, 0.15) is 37.0 Å². The van der Waals surface area contributed by atoms with Gasteiger partial charge in [0, 0.05) is 30.4 Å². The fourth-order valence-electron chi connectivity index (χ4n) is 3.21. The summed E-state index contributed by atoms with van der Waals surface area (Å²) in [4.78, 5) is 26.8. The average Bonchev–Trinajstić information content (AvgIpc) is 2.73. The van der Waals surface area contributed by atoms with Crippen molar-refractivity contribution < 1.29 is 14.3 Å². The number of anilines is 1. The highest BCUT2D eigenvalue weighted by Gasteiger charge is 2.24. The van der Waals surface area contributed by atoms with Gasteiger partial charge in [0.05, 0.1) is 6.61 Å². The topological polar surface area (TPSA) is 70.7 Å². The molecule has 0 atom stereocenters. The minimum Gasteiger partial charge on any atom is -0.493 e. The maximum absolute atomic E-state index is 12.6. The third-order valence-corrected chi connectivity index (χ3v) is 4.82. The molecule has 154 valence electrons. The number of ether oxygens (including phenoxy) is 1. The zero-order valence-electron chi connectivity index (χ0n) is 17.1. The summed E-state index contributed by atoms with van der Waals surface area (Å²) in [5.74, 6) is 1.03. The lowest BCUT2D eigenvalue weighted by Gasteiger charge is -2.32. The van der Waals surface area contributed by atoms with E-state index in [1.807, 2.05) is 42.5 Å². The first-order valence-corrected chi connectivity index (χ1v) is 10.2. The van der Waals surface area contributed by atoms with E-state index in [1.165, 1.54) is 0 Å². The first kappa shape index (κ1) is 20.7. The molecular formula is C23H29N3O3. The van der Waals surface area contributed by atoms with Crippen LogP contribution in [0.3, 0.4) is 0 Å². The molecule has 6 nitrogen and oxygen atoms in total. The fraction of sp³-hybridized carbons (Fsp3) is 0.391. The number of nitrogens with zero attached hydrogens (tertiary/aromatic N) is 1. The Morgan fingerprint density at radius 2 is 1.79 bits per heavy atom. The number of rotatable bonds is 6. The Hall–Kier alpha value is -3.02. The van der Waals surface area contributed by atoms with Crippen LogP contribution in [0.4, 0.5) is 10.5 Å². The van der Waals surface area contributed by atoms with Crippen molar-refractivity contribution >= 4 is 17.6 Å². The van der Waals surface area contributed by atoms with Crippen molar-refractivity contribution in [3.63, 3.8) is 0 Å². The summed E-state index contributed by atoms with van der Waals surface area (Å²) in [7, 11) is 0. The molecule has 0 saturated carbocycles. The second kappa shape index (κ2) is 9.96. The molecule has 0 unspecified atom stereocenters. The van der Waals surface area contributed by atoms with Crippen molar-refractivity contribution in [2.75, 3.05) is 25.0 Å². The predicted octanol–water partition coefficient (Wildman–Crippen LogP) is 4.15. The smallest absolute Gasteiger partial charge is 0.321 e. The SMILES string of the molecule is CC(C)COc1cccc(C(=O)NC2CCN(C(=O)Nc3ccccc3)CC2)c1. The van der Waals surface area contributed by atoms with Gasteiger partial charge in [-0.25, -0.2) is 4.79 Å². The Labute approximate surface area is 172 Å². The second-order valence-corrected chi connectivity index (χ2v) is 7.76. The molecule has 2 N–H and O–H groups in total. The number of likely N-dealkylation sites (tertiary alicyclic amines) is 1. The van der Waals surface area contributed by atoms with Gasteiger partial charge in [-0.3, -0.25) is 4.79 Å². The van der Waals surface area contributed by atoms with Crippen molar-refractivity contribution in [3.05, 3.63) is 60.2 Å². The summed E-state index contributed by atoms with van der Waals surface area (Å²) in [6.45, 7) is 6.02. The molecular weight excluding hydrogens is 366 g/mol. The molecule has 3 amide bonds. The molecule has 2 aromatic rings. The summed E-state index contributed by atoms with van der Waals surface area (Å²) in [5.41, 5.74) is 1.38. The monoisotopic (exact) mass is 395 g/mol. The van der Waals surface area contributed by atoms with Crippen molar-refractivity contribution in [1.82, 2.24) is 10.2 Å². The lowest BCUT2D eigenvalue weighted by atomic mass is 10.0. The summed E-state index contributed by atoms with van der Waals surface area (Å²) >= 11 is 0. The van der Waals surface area contributed by atoms with E-state index in [-0.39, 0.29) is 18.0 Å². The number of urea groups is 1. The summed E-state index contributed by atoms with van der Waals surface area (Å²) < 4.78 is 5.71. The zero-order valence-corrected chi connectivity index (χ0v) is 17.1. The number of carbonyl (C=O) groups is 2. The molecule has 2 aromatic carbocycles. The molecule has 1 fully saturated rings. The van der Waals surface area contributed by atoms with Gasteiger partial charge < -0.3 is 20.3 Å². The van der Waals surface area contributed by atoms with Gasteiger partial charge in [0.15, 0.2) is 0 Å². The third-order valence-electron chi connectivity index (χ3n) is 4.82. The highest BCUT2D eigenvalue weighted by atomic mass is 16.5. The van der Waals surface area contributed by atoms with Crippen molar-refractivity contribution in [2.24, 2.45) is 5.92 Å². The largest absolute Gasteiger partial charge is 0.493 e.